The average Bonchev–Trinajstić information content (AvgIpc) is 2.39. The van der Waals surface area contributed by atoms with Gasteiger partial charge in [0.15, 0.2) is 0 Å². The van der Waals surface area contributed by atoms with E-state index in [0.717, 1.165) is 23.4 Å². The molecule has 0 radical (unpaired) electrons. The van der Waals surface area contributed by atoms with E-state index in [4.69, 9.17) is 5.73 Å². The van der Waals surface area contributed by atoms with Gasteiger partial charge in [-0.05, 0) is 43.7 Å². The molecule has 0 amide bonds. The lowest BCUT2D eigenvalue weighted by Crippen LogP contribution is -2.21. The van der Waals surface area contributed by atoms with Crippen LogP contribution in [0.15, 0.2) is 36.8 Å². The summed E-state index contributed by atoms with van der Waals surface area (Å²) in [6.45, 7) is 2.07. The van der Waals surface area contributed by atoms with Crippen molar-refractivity contribution in [1.82, 2.24) is 15.3 Å². The summed E-state index contributed by atoms with van der Waals surface area (Å²) < 4.78 is 0. The first-order valence-corrected chi connectivity index (χ1v) is 5.99. The Labute approximate surface area is 107 Å². The summed E-state index contributed by atoms with van der Waals surface area (Å²) in [6, 6.07) is 5.99. The summed E-state index contributed by atoms with van der Waals surface area (Å²) in [5.41, 5.74) is 10.0. The maximum Gasteiger partial charge on any atom is 0.0605 e. The van der Waals surface area contributed by atoms with Crippen molar-refractivity contribution in [3.63, 3.8) is 0 Å². The smallest absolute Gasteiger partial charge is 0.0605 e. The highest BCUT2D eigenvalue weighted by atomic mass is 14.9. The Kier molecular flexibility index (Phi) is 3.89. The number of nitrogens with zero attached hydrogens (tertiary/aromatic N) is 2. The first-order chi connectivity index (χ1) is 8.72. The Hall–Kier alpha value is -1.94. The summed E-state index contributed by atoms with van der Waals surface area (Å²) in [5, 5.41) is 3.29. The standard InChI is InChI=1S/C14H18N4/c1-10-4-3-6-18-14(10)13(16-2)8-11-9-17-7-5-12(11)15/h3-7,9,13,16H,8H2,1-2H3,(H2,15,17). The Bertz CT molecular complexity index is 525. The van der Waals surface area contributed by atoms with Crippen LogP contribution in [0, 0.1) is 6.92 Å². The molecule has 0 bridgehead atoms. The average molecular weight is 242 g/mol. The highest BCUT2D eigenvalue weighted by Gasteiger charge is 2.14. The van der Waals surface area contributed by atoms with Gasteiger partial charge in [-0.1, -0.05) is 6.07 Å². The number of nitrogens with one attached hydrogen (secondary N) is 1. The molecule has 94 valence electrons. The van der Waals surface area contributed by atoms with Gasteiger partial charge >= 0.3 is 0 Å². The number of rotatable bonds is 4. The molecule has 2 aromatic heterocycles. The van der Waals surface area contributed by atoms with E-state index in [9.17, 15) is 0 Å². The first-order valence-electron chi connectivity index (χ1n) is 5.99. The van der Waals surface area contributed by atoms with Gasteiger partial charge in [0, 0.05) is 24.3 Å². The van der Waals surface area contributed by atoms with Gasteiger partial charge in [0.2, 0.25) is 0 Å². The Morgan fingerprint density at radius 1 is 1.33 bits per heavy atom. The zero-order chi connectivity index (χ0) is 13.0. The second-order valence-corrected chi connectivity index (χ2v) is 4.33. The molecule has 0 spiro atoms. The number of hydrogen-bond acceptors (Lipinski definition) is 4. The van der Waals surface area contributed by atoms with Crippen molar-refractivity contribution in [2.45, 2.75) is 19.4 Å². The molecule has 2 heterocycles. The molecule has 0 aliphatic heterocycles. The highest BCUT2D eigenvalue weighted by molar-refractivity contribution is 5.45. The van der Waals surface area contributed by atoms with E-state index in [-0.39, 0.29) is 6.04 Å². The van der Waals surface area contributed by atoms with Crippen LogP contribution in [0.2, 0.25) is 0 Å². The van der Waals surface area contributed by atoms with Gasteiger partial charge in [0.25, 0.3) is 0 Å². The molecule has 18 heavy (non-hydrogen) atoms. The second kappa shape index (κ2) is 5.60. The van der Waals surface area contributed by atoms with Gasteiger partial charge < -0.3 is 11.1 Å². The number of aryl methyl sites for hydroxylation is 1. The van der Waals surface area contributed by atoms with Gasteiger partial charge in [-0.25, -0.2) is 0 Å². The predicted octanol–water partition coefficient (Wildman–Crippen LogP) is 1.87. The number of aromatic nitrogens is 2. The number of anilines is 1. The van der Waals surface area contributed by atoms with E-state index in [1.165, 1.54) is 5.56 Å². The summed E-state index contributed by atoms with van der Waals surface area (Å²) >= 11 is 0. The molecule has 0 saturated carbocycles. The molecule has 4 heteroatoms. The molecule has 2 rings (SSSR count). The molecule has 0 saturated heterocycles. The molecule has 0 aromatic carbocycles. The molecule has 0 fully saturated rings. The molecule has 1 atom stereocenters. The lowest BCUT2D eigenvalue weighted by Gasteiger charge is -2.18. The third-order valence-electron chi connectivity index (χ3n) is 3.09. The Morgan fingerprint density at radius 3 is 2.83 bits per heavy atom. The van der Waals surface area contributed by atoms with E-state index in [1.807, 2.05) is 31.6 Å². The van der Waals surface area contributed by atoms with E-state index in [0.29, 0.717) is 0 Å². The summed E-state index contributed by atoms with van der Waals surface area (Å²) in [4.78, 5) is 8.57. The van der Waals surface area contributed by atoms with E-state index in [2.05, 4.69) is 28.3 Å². The van der Waals surface area contributed by atoms with Gasteiger partial charge in [-0.2, -0.15) is 0 Å². The van der Waals surface area contributed by atoms with Crippen molar-refractivity contribution < 1.29 is 0 Å². The van der Waals surface area contributed by atoms with Crippen molar-refractivity contribution >= 4 is 5.69 Å². The molecule has 2 aromatic rings. The topological polar surface area (TPSA) is 63.8 Å². The lowest BCUT2D eigenvalue weighted by atomic mass is 10.0. The molecular weight excluding hydrogens is 224 g/mol. The largest absolute Gasteiger partial charge is 0.398 e. The SMILES string of the molecule is CNC(Cc1cnccc1N)c1ncccc1C. The van der Waals surface area contributed by atoms with E-state index >= 15 is 0 Å². The molecular formula is C14H18N4. The fourth-order valence-corrected chi connectivity index (χ4v) is 2.03. The zero-order valence-corrected chi connectivity index (χ0v) is 10.7. The van der Waals surface area contributed by atoms with Crippen molar-refractivity contribution in [3.8, 4) is 0 Å². The molecule has 0 aliphatic carbocycles. The molecule has 0 aliphatic rings. The number of nitrogens with two attached hydrogens (primary N) is 1. The first kappa shape index (κ1) is 12.5. The minimum atomic E-state index is 0.151. The quantitative estimate of drug-likeness (QED) is 0.859. The summed E-state index contributed by atoms with van der Waals surface area (Å²) in [6.07, 6.45) is 6.13. The number of nitrogen functional groups attached to an aromatic ring is 1. The summed E-state index contributed by atoms with van der Waals surface area (Å²) in [5.74, 6) is 0. The van der Waals surface area contributed by atoms with E-state index in [1.54, 1.807) is 6.20 Å². The third-order valence-corrected chi connectivity index (χ3v) is 3.09. The number of hydrogen-bond donors (Lipinski definition) is 2. The van der Waals surface area contributed by atoms with Crippen LogP contribution in [-0.2, 0) is 6.42 Å². The minimum absolute atomic E-state index is 0.151. The van der Waals surface area contributed by atoms with Crippen LogP contribution in [-0.4, -0.2) is 17.0 Å². The monoisotopic (exact) mass is 242 g/mol. The van der Waals surface area contributed by atoms with Crippen LogP contribution in [0.4, 0.5) is 5.69 Å². The predicted molar refractivity (Wildman–Crippen MR) is 73.1 cm³/mol. The van der Waals surface area contributed by atoms with Crippen LogP contribution >= 0.6 is 0 Å². The highest BCUT2D eigenvalue weighted by Crippen LogP contribution is 2.21. The van der Waals surface area contributed by atoms with Gasteiger partial charge in [-0.3, -0.25) is 9.97 Å². The van der Waals surface area contributed by atoms with Gasteiger partial charge in [-0.15, -0.1) is 0 Å². The van der Waals surface area contributed by atoms with Crippen LogP contribution < -0.4 is 11.1 Å². The van der Waals surface area contributed by atoms with E-state index < -0.39 is 0 Å². The maximum absolute atomic E-state index is 5.95. The fraction of sp³-hybridized carbons (Fsp3) is 0.286. The Morgan fingerprint density at radius 2 is 2.17 bits per heavy atom. The number of pyridine rings is 2. The van der Waals surface area contributed by atoms with Crippen molar-refractivity contribution in [2.75, 3.05) is 12.8 Å². The van der Waals surface area contributed by atoms with Crippen molar-refractivity contribution in [1.29, 1.82) is 0 Å². The van der Waals surface area contributed by atoms with Crippen molar-refractivity contribution in [3.05, 3.63) is 53.6 Å². The van der Waals surface area contributed by atoms with Gasteiger partial charge in [0.05, 0.1) is 11.7 Å². The van der Waals surface area contributed by atoms with Gasteiger partial charge in [0.1, 0.15) is 0 Å². The van der Waals surface area contributed by atoms with Crippen LogP contribution in [0.25, 0.3) is 0 Å². The third kappa shape index (κ3) is 2.65. The Balaban J connectivity index is 2.26. The minimum Gasteiger partial charge on any atom is -0.398 e. The maximum atomic E-state index is 5.95. The normalized spacial score (nSPS) is 12.3. The van der Waals surface area contributed by atoms with Crippen LogP contribution in [0.1, 0.15) is 22.9 Å². The zero-order valence-electron chi connectivity index (χ0n) is 10.7. The second-order valence-electron chi connectivity index (χ2n) is 4.33. The molecule has 4 nitrogen and oxygen atoms in total. The van der Waals surface area contributed by atoms with Crippen molar-refractivity contribution in [2.24, 2.45) is 0 Å². The lowest BCUT2D eigenvalue weighted by molar-refractivity contribution is 0.572. The number of likely N-dealkylation sites (N-methyl/N-ethyl adjacent to an activating group) is 1. The van der Waals surface area contributed by atoms with Crippen LogP contribution in [0.5, 0.6) is 0 Å². The van der Waals surface area contributed by atoms with Crippen LogP contribution in [0.3, 0.4) is 0 Å². The molecule has 1 unspecified atom stereocenters. The summed E-state index contributed by atoms with van der Waals surface area (Å²) in [7, 11) is 1.94. The molecule has 3 N–H and O–H groups in total. The fourth-order valence-electron chi connectivity index (χ4n) is 2.03.